The topological polar surface area (TPSA) is 18.5 Å². The summed E-state index contributed by atoms with van der Waals surface area (Å²) in [6.45, 7) is 1.36. The first-order valence-corrected chi connectivity index (χ1v) is 7.77. The number of methoxy groups -OCH3 is 1. The van der Waals surface area contributed by atoms with E-state index in [4.69, 9.17) is 21.1 Å². The maximum atomic E-state index is 6.26. The molecule has 2 nitrogen and oxygen atoms in total. The van der Waals surface area contributed by atoms with Crippen molar-refractivity contribution in [1.82, 2.24) is 0 Å². The first-order valence-electron chi connectivity index (χ1n) is 7.40. The van der Waals surface area contributed by atoms with Gasteiger partial charge in [0.1, 0.15) is 5.75 Å². The number of hydrogen-bond donors (Lipinski definition) is 0. The van der Waals surface area contributed by atoms with Crippen LogP contribution in [0, 0.1) is 0 Å². The van der Waals surface area contributed by atoms with Crippen molar-refractivity contribution in [2.24, 2.45) is 0 Å². The van der Waals surface area contributed by atoms with E-state index in [2.05, 4.69) is 12.1 Å². The first kappa shape index (κ1) is 16.6. The van der Waals surface area contributed by atoms with E-state index in [1.807, 2.05) is 48.5 Å². The Hall–Kier alpha value is -1.77. The van der Waals surface area contributed by atoms with Crippen LogP contribution in [0.3, 0.4) is 0 Å². The molecule has 116 valence electrons. The van der Waals surface area contributed by atoms with Crippen LogP contribution in [0.4, 0.5) is 0 Å². The monoisotopic (exact) mass is 316 g/mol. The smallest absolute Gasteiger partial charge is 0.118 e. The van der Waals surface area contributed by atoms with Crippen molar-refractivity contribution in [3.63, 3.8) is 0 Å². The molecule has 0 aliphatic heterocycles. The predicted octanol–water partition coefficient (Wildman–Crippen LogP) is 5.27. The Morgan fingerprint density at radius 2 is 1.77 bits per heavy atom. The van der Waals surface area contributed by atoms with Crippen LogP contribution in [0.2, 0.25) is 0 Å². The maximum Gasteiger partial charge on any atom is 0.118 e. The normalized spacial score (nSPS) is 11.5. The highest BCUT2D eigenvalue weighted by Crippen LogP contribution is 2.18. The first-order chi connectivity index (χ1) is 10.8. The highest BCUT2D eigenvalue weighted by atomic mass is 35.5. The van der Waals surface area contributed by atoms with E-state index >= 15 is 0 Å². The highest BCUT2D eigenvalue weighted by molar-refractivity contribution is 6.31. The molecule has 0 N–H and O–H groups in total. The lowest BCUT2D eigenvalue weighted by Gasteiger charge is -2.04. The van der Waals surface area contributed by atoms with Crippen molar-refractivity contribution in [2.75, 3.05) is 13.7 Å². The molecule has 0 spiro atoms. The molecule has 22 heavy (non-hydrogen) atoms. The van der Waals surface area contributed by atoms with Crippen LogP contribution in [0.5, 0.6) is 5.75 Å². The third-order valence-electron chi connectivity index (χ3n) is 3.25. The van der Waals surface area contributed by atoms with Crippen molar-refractivity contribution in [1.29, 1.82) is 0 Å². The van der Waals surface area contributed by atoms with Gasteiger partial charge in [0, 0.05) is 11.6 Å². The minimum absolute atomic E-state index is 0.653. The van der Waals surface area contributed by atoms with Gasteiger partial charge in [0.2, 0.25) is 0 Å². The van der Waals surface area contributed by atoms with Gasteiger partial charge in [-0.1, -0.05) is 54.1 Å². The van der Waals surface area contributed by atoms with Gasteiger partial charge in [0.15, 0.2) is 0 Å². The van der Waals surface area contributed by atoms with E-state index in [0.29, 0.717) is 13.2 Å². The van der Waals surface area contributed by atoms with Gasteiger partial charge in [-0.05, 0) is 42.2 Å². The summed E-state index contributed by atoms with van der Waals surface area (Å²) in [5.41, 5.74) is 2.28. The third kappa shape index (κ3) is 5.92. The summed E-state index contributed by atoms with van der Waals surface area (Å²) in [6, 6.07) is 18.0. The van der Waals surface area contributed by atoms with Crippen LogP contribution in [-0.4, -0.2) is 13.7 Å². The van der Waals surface area contributed by atoms with Gasteiger partial charge in [-0.2, -0.15) is 0 Å². The van der Waals surface area contributed by atoms with Gasteiger partial charge in [0.25, 0.3) is 0 Å². The average Bonchev–Trinajstić information content (AvgIpc) is 2.56. The van der Waals surface area contributed by atoms with Crippen molar-refractivity contribution in [3.05, 3.63) is 70.8 Å². The Morgan fingerprint density at radius 3 is 2.45 bits per heavy atom. The molecule has 0 saturated heterocycles. The number of ether oxygens (including phenoxy) is 2. The Balaban J connectivity index is 1.68. The lowest BCUT2D eigenvalue weighted by atomic mass is 10.2. The Bertz CT molecular complexity index is 576. The van der Waals surface area contributed by atoms with E-state index in [9.17, 15) is 0 Å². The zero-order chi connectivity index (χ0) is 15.6. The van der Waals surface area contributed by atoms with E-state index < -0.39 is 0 Å². The number of rotatable bonds is 8. The summed E-state index contributed by atoms with van der Waals surface area (Å²) in [5.74, 6) is 0.850. The zero-order valence-corrected chi connectivity index (χ0v) is 13.6. The fourth-order valence-corrected chi connectivity index (χ4v) is 2.32. The second-order valence-corrected chi connectivity index (χ2v) is 5.49. The molecule has 0 fully saturated rings. The molecule has 0 saturated carbocycles. The second-order valence-electron chi connectivity index (χ2n) is 5.01. The maximum absolute atomic E-state index is 6.26. The van der Waals surface area contributed by atoms with Gasteiger partial charge in [-0.3, -0.25) is 0 Å². The molecular formula is C19H21ClO2. The molecule has 0 heterocycles. The summed E-state index contributed by atoms with van der Waals surface area (Å²) in [5, 5.41) is 0.841. The van der Waals surface area contributed by atoms with E-state index in [0.717, 1.165) is 29.2 Å². The lowest BCUT2D eigenvalue weighted by Crippen LogP contribution is -1.95. The molecule has 2 aromatic rings. The number of halogens is 1. The minimum atomic E-state index is 0.653. The van der Waals surface area contributed by atoms with Gasteiger partial charge < -0.3 is 9.47 Å². The molecule has 0 unspecified atom stereocenters. The molecule has 0 aromatic heterocycles. The average molecular weight is 317 g/mol. The van der Waals surface area contributed by atoms with E-state index in [-0.39, 0.29) is 0 Å². The van der Waals surface area contributed by atoms with Crippen LogP contribution in [0.1, 0.15) is 24.0 Å². The molecule has 3 heteroatoms. The summed E-state index contributed by atoms with van der Waals surface area (Å²) >= 11 is 6.26. The number of hydrogen-bond acceptors (Lipinski definition) is 2. The number of benzene rings is 2. The summed E-state index contributed by atoms with van der Waals surface area (Å²) in [6.07, 6.45) is 3.72. The van der Waals surface area contributed by atoms with Gasteiger partial charge >= 0.3 is 0 Å². The van der Waals surface area contributed by atoms with Gasteiger partial charge in [-0.15, -0.1) is 0 Å². The Morgan fingerprint density at radius 1 is 1.05 bits per heavy atom. The summed E-state index contributed by atoms with van der Waals surface area (Å²) in [7, 11) is 1.66. The molecule has 2 rings (SSSR count). The zero-order valence-electron chi connectivity index (χ0n) is 12.8. The van der Waals surface area contributed by atoms with Crippen LogP contribution in [0.15, 0.2) is 59.6 Å². The van der Waals surface area contributed by atoms with E-state index in [1.165, 1.54) is 5.56 Å². The fraction of sp³-hybridized carbons (Fsp3) is 0.263. The van der Waals surface area contributed by atoms with Crippen LogP contribution in [0.25, 0.3) is 6.08 Å². The molecule has 0 amide bonds. The standard InChI is InChI=1S/C19H21ClO2/c1-21-19-11-9-16(10-12-19)14-18(20)8-5-13-22-15-17-6-3-2-4-7-17/h2-4,6-7,9-12,14H,5,8,13,15H2,1H3/b18-14-. The van der Waals surface area contributed by atoms with Crippen LogP contribution in [-0.2, 0) is 11.3 Å². The molecule has 0 bridgehead atoms. The third-order valence-corrected chi connectivity index (χ3v) is 3.55. The predicted molar refractivity (Wildman–Crippen MR) is 92.2 cm³/mol. The molecule has 0 aliphatic rings. The molecule has 0 aliphatic carbocycles. The molecular weight excluding hydrogens is 296 g/mol. The summed E-state index contributed by atoms with van der Waals surface area (Å²) in [4.78, 5) is 0. The van der Waals surface area contributed by atoms with Crippen molar-refractivity contribution in [3.8, 4) is 5.75 Å². The quantitative estimate of drug-likeness (QED) is 0.617. The van der Waals surface area contributed by atoms with Gasteiger partial charge in [-0.25, -0.2) is 0 Å². The minimum Gasteiger partial charge on any atom is -0.497 e. The molecule has 2 aromatic carbocycles. The van der Waals surface area contributed by atoms with E-state index in [1.54, 1.807) is 7.11 Å². The fourth-order valence-electron chi connectivity index (χ4n) is 2.06. The number of allylic oxidation sites excluding steroid dienone is 1. The van der Waals surface area contributed by atoms with Crippen molar-refractivity contribution >= 4 is 17.7 Å². The molecule has 0 atom stereocenters. The van der Waals surface area contributed by atoms with Crippen molar-refractivity contribution < 1.29 is 9.47 Å². The van der Waals surface area contributed by atoms with Crippen LogP contribution >= 0.6 is 11.6 Å². The Kier molecular flexibility index (Phi) is 7.01. The largest absolute Gasteiger partial charge is 0.497 e. The lowest BCUT2D eigenvalue weighted by molar-refractivity contribution is 0.119. The Labute approximate surface area is 137 Å². The van der Waals surface area contributed by atoms with Crippen LogP contribution < -0.4 is 4.74 Å². The second kappa shape index (κ2) is 9.29. The SMILES string of the molecule is COc1ccc(/C=C(\Cl)CCCOCc2ccccc2)cc1. The highest BCUT2D eigenvalue weighted by Gasteiger charge is 1.97. The molecule has 0 radical (unpaired) electrons. The van der Waals surface area contributed by atoms with Crippen molar-refractivity contribution in [2.45, 2.75) is 19.4 Å². The summed E-state index contributed by atoms with van der Waals surface area (Å²) < 4.78 is 10.8. The van der Waals surface area contributed by atoms with Gasteiger partial charge in [0.05, 0.1) is 13.7 Å².